The van der Waals surface area contributed by atoms with E-state index in [4.69, 9.17) is 0 Å². The zero-order valence-electron chi connectivity index (χ0n) is 17.5. The predicted molar refractivity (Wildman–Crippen MR) is 119 cm³/mol. The van der Waals surface area contributed by atoms with Crippen LogP contribution in [-0.4, -0.2) is 20.6 Å². The molecule has 4 aromatic rings. The van der Waals surface area contributed by atoms with E-state index in [9.17, 15) is 9.90 Å². The Kier molecular flexibility index (Phi) is 5.08. The highest BCUT2D eigenvalue weighted by Crippen LogP contribution is 2.39. The van der Waals surface area contributed by atoms with Gasteiger partial charge in [0.05, 0.1) is 16.6 Å². The second kappa shape index (κ2) is 7.71. The fourth-order valence-corrected chi connectivity index (χ4v) is 3.72. The Morgan fingerprint density at radius 1 is 1.10 bits per heavy atom. The van der Waals surface area contributed by atoms with E-state index in [1.807, 2.05) is 60.9 Å². The van der Waals surface area contributed by atoms with Gasteiger partial charge in [0.15, 0.2) is 5.69 Å². The van der Waals surface area contributed by atoms with Gasteiger partial charge in [-0.25, -0.2) is 0 Å². The molecule has 0 spiro atoms. The lowest BCUT2D eigenvalue weighted by atomic mass is 10.1. The summed E-state index contributed by atoms with van der Waals surface area (Å²) in [5.41, 5.74) is 4.15. The van der Waals surface area contributed by atoms with E-state index >= 15 is 0 Å². The van der Waals surface area contributed by atoms with Crippen molar-refractivity contribution in [2.24, 2.45) is 16.1 Å². The van der Waals surface area contributed by atoms with Crippen LogP contribution in [0, 0.1) is 19.8 Å². The fourth-order valence-electron chi connectivity index (χ4n) is 3.72. The van der Waals surface area contributed by atoms with Crippen LogP contribution in [0.5, 0.6) is 5.88 Å². The van der Waals surface area contributed by atoms with Crippen LogP contribution in [0.4, 0.5) is 5.69 Å². The predicted octanol–water partition coefficient (Wildman–Crippen LogP) is 6.09. The fraction of sp³-hybridized carbons (Fsp3) is 0.250. The van der Waals surface area contributed by atoms with Crippen molar-refractivity contribution in [2.75, 3.05) is 0 Å². The maximum atomic E-state index is 13.0. The first kappa shape index (κ1) is 19.8. The van der Waals surface area contributed by atoms with Crippen molar-refractivity contribution in [1.82, 2.24) is 9.55 Å². The van der Waals surface area contributed by atoms with Gasteiger partial charge < -0.3 is 9.67 Å². The van der Waals surface area contributed by atoms with Gasteiger partial charge in [-0.1, -0.05) is 43.7 Å². The van der Waals surface area contributed by atoms with E-state index in [-0.39, 0.29) is 5.88 Å². The number of rotatable bonds is 4. The van der Waals surface area contributed by atoms with Crippen molar-refractivity contribution < 1.29 is 9.90 Å². The van der Waals surface area contributed by atoms with Crippen molar-refractivity contribution >= 4 is 33.4 Å². The van der Waals surface area contributed by atoms with Gasteiger partial charge in [-0.3, -0.25) is 9.78 Å². The molecular formula is C24H24N4O2. The van der Waals surface area contributed by atoms with Gasteiger partial charge >= 0.3 is 0 Å². The highest BCUT2D eigenvalue weighted by Gasteiger charge is 2.18. The number of aromatic hydroxyl groups is 1. The number of benzene rings is 2. The summed E-state index contributed by atoms with van der Waals surface area (Å²) in [4.78, 5) is 17.4. The largest absolute Gasteiger partial charge is 0.493 e. The molecule has 0 atom stereocenters. The molecule has 2 aromatic heterocycles. The minimum absolute atomic E-state index is 0.0214. The number of carbonyl (C=O) groups excluding carboxylic acids is 1. The highest BCUT2D eigenvalue weighted by molar-refractivity contribution is 6.07. The van der Waals surface area contributed by atoms with Crippen LogP contribution in [-0.2, 0) is 6.54 Å². The molecule has 1 N–H and O–H groups in total. The number of hydrogen-bond donors (Lipinski definition) is 1. The molecule has 0 aliphatic carbocycles. The molecule has 6 nitrogen and oxygen atoms in total. The maximum Gasteiger partial charge on any atom is 0.296 e. The number of nitrogens with zero attached hydrogens (tertiary/aromatic N) is 4. The average Bonchev–Trinajstić information content (AvgIpc) is 2.97. The lowest BCUT2D eigenvalue weighted by Gasteiger charge is -2.09. The van der Waals surface area contributed by atoms with Crippen molar-refractivity contribution in [3.05, 3.63) is 65.4 Å². The molecule has 2 heterocycles. The van der Waals surface area contributed by atoms with Crippen LogP contribution in [0.2, 0.25) is 0 Å². The summed E-state index contributed by atoms with van der Waals surface area (Å²) in [5.74, 6) is -0.100. The second-order valence-electron chi connectivity index (χ2n) is 8.03. The molecule has 0 saturated heterocycles. The van der Waals surface area contributed by atoms with E-state index in [1.165, 1.54) is 0 Å². The number of aromatic nitrogens is 2. The molecule has 0 bridgehead atoms. The lowest BCUT2D eigenvalue weighted by molar-refractivity contribution is 0.0996. The first-order chi connectivity index (χ1) is 14.3. The minimum atomic E-state index is -0.462. The van der Waals surface area contributed by atoms with Gasteiger partial charge in [-0.15, -0.1) is 10.2 Å². The van der Waals surface area contributed by atoms with Gasteiger partial charge in [0.25, 0.3) is 5.91 Å². The summed E-state index contributed by atoms with van der Waals surface area (Å²) in [7, 11) is 0. The molecule has 0 aliphatic rings. The molecule has 6 heteroatoms. The van der Waals surface area contributed by atoms with Crippen LogP contribution >= 0.6 is 0 Å². The highest BCUT2D eigenvalue weighted by atomic mass is 16.3. The zero-order valence-corrected chi connectivity index (χ0v) is 17.5. The van der Waals surface area contributed by atoms with Crippen LogP contribution in [0.25, 0.3) is 21.8 Å². The number of amides is 1. The van der Waals surface area contributed by atoms with Gasteiger partial charge in [-0.2, -0.15) is 0 Å². The first-order valence-corrected chi connectivity index (χ1v) is 9.99. The normalized spacial score (nSPS) is 11.9. The Hall–Kier alpha value is -3.54. The van der Waals surface area contributed by atoms with Crippen molar-refractivity contribution in [1.29, 1.82) is 0 Å². The van der Waals surface area contributed by atoms with E-state index in [1.54, 1.807) is 6.07 Å². The van der Waals surface area contributed by atoms with Crippen LogP contribution in [0.15, 0.2) is 58.8 Å². The summed E-state index contributed by atoms with van der Waals surface area (Å²) in [6.45, 7) is 8.62. The third-order valence-corrected chi connectivity index (χ3v) is 5.03. The van der Waals surface area contributed by atoms with E-state index in [0.29, 0.717) is 23.7 Å². The van der Waals surface area contributed by atoms with Crippen LogP contribution in [0.1, 0.15) is 35.5 Å². The average molecular weight is 400 g/mol. The zero-order chi connectivity index (χ0) is 21.4. The van der Waals surface area contributed by atoms with E-state index in [0.717, 1.165) is 33.1 Å². The molecule has 1 amide bonds. The van der Waals surface area contributed by atoms with Gasteiger partial charge in [-0.05, 0) is 44.0 Å². The monoisotopic (exact) mass is 400 g/mol. The summed E-state index contributed by atoms with van der Waals surface area (Å²) in [5, 5.41) is 20.4. The molecule has 0 fully saturated rings. The van der Waals surface area contributed by atoms with Crippen LogP contribution in [0.3, 0.4) is 0 Å². The second-order valence-corrected chi connectivity index (χ2v) is 8.03. The molecular weight excluding hydrogens is 376 g/mol. The van der Waals surface area contributed by atoms with E-state index < -0.39 is 5.91 Å². The SMILES string of the molecule is Cc1ccc2nc(C)cc(C(=O)N=Nc3c(O)n(CC(C)C)c4ccccc34)c2c1. The van der Waals surface area contributed by atoms with Gasteiger partial charge in [0, 0.05) is 23.0 Å². The van der Waals surface area contributed by atoms with Gasteiger partial charge in [0.2, 0.25) is 5.88 Å². The van der Waals surface area contributed by atoms with Crippen molar-refractivity contribution in [3.8, 4) is 5.88 Å². The molecule has 0 radical (unpaired) electrons. The van der Waals surface area contributed by atoms with E-state index in [2.05, 4.69) is 29.1 Å². The smallest absolute Gasteiger partial charge is 0.296 e. The number of carbonyl (C=O) groups is 1. The summed E-state index contributed by atoms with van der Waals surface area (Å²) in [6.07, 6.45) is 0. The summed E-state index contributed by atoms with van der Waals surface area (Å²) >= 11 is 0. The first-order valence-electron chi connectivity index (χ1n) is 9.99. The number of azo groups is 1. The Morgan fingerprint density at radius 3 is 2.63 bits per heavy atom. The van der Waals surface area contributed by atoms with Crippen molar-refractivity contribution in [2.45, 2.75) is 34.2 Å². The molecule has 0 saturated carbocycles. The molecule has 152 valence electrons. The number of pyridine rings is 1. The summed E-state index contributed by atoms with van der Waals surface area (Å²) in [6, 6.07) is 15.1. The number of hydrogen-bond acceptors (Lipinski definition) is 4. The Morgan fingerprint density at radius 2 is 1.87 bits per heavy atom. The molecule has 2 aromatic carbocycles. The third-order valence-electron chi connectivity index (χ3n) is 5.03. The minimum Gasteiger partial charge on any atom is -0.493 e. The number of fused-ring (bicyclic) bond motifs is 2. The molecule has 0 unspecified atom stereocenters. The Balaban J connectivity index is 1.79. The third kappa shape index (κ3) is 3.56. The number of aryl methyl sites for hydroxylation is 2. The number of para-hydroxylation sites is 1. The van der Waals surface area contributed by atoms with Crippen LogP contribution < -0.4 is 0 Å². The topological polar surface area (TPSA) is 79.8 Å². The standard InChI is InChI=1S/C24H24N4O2/c1-14(2)13-28-21-8-6-5-7-17(21)22(24(28)30)26-27-23(29)19-12-16(4)25-20-10-9-15(3)11-18(19)20/h5-12,14,30H,13H2,1-4H3. The summed E-state index contributed by atoms with van der Waals surface area (Å²) < 4.78 is 1.81. The lowest BCUT2D eigenvalue weighted by Crippen LogP contribution is -2.03. The van der Waals surface area contributed by atoms with Gasteiger partial charge in [0.1, 0.15) is 0 Å². The van der Waals surface area contributed by atoms with Crippen molar-refractivity contribution in [3.63, 3.8) is 0 Å². The Labute approximate surface area is 174 Å². The molecule has 4 rings (SSSR count). The molecule has 30 heavy (non-hydrogen) atoms. The maximum absolute atomic E-state index is 13.0. The quantitative estimate of drug-likeness (QED) is 0.421. The molecule has 0 aliphatic heterocycles. The Bertz CT molecular complexity index is 1300.